The lowest BCUT2D eigenvalue weighted by Crippen LogP contribution is -1.95. The van der Waals surface area contributed by atoms with Crippen molar-refractivity contribution in [3.63, 3.8) is 0 Å². The number of rotatable bonds is 3. The highest BCUT2D eigenvalue weighted by molar-refractivity contribution is 5.87. The largest absolute Gasteiger partial charge is 0.339 e. The van der Waals surface area contributed by atoms with Crippen LogP contribution in [0.1, 0.15) is 42.5 Å². The molecule has 1 aliphatic rings. The van der Waals surface area contributed by atoms with Gasteiger partial charge < -0.3 is 4.98 Å². The number of aryl methyl sites for hydroxylation is 1. The van der Waals surface area contributed by atoms with Crippen LogP contribution in [0.4, 0.5) is 4.39 Å². The van der Waals surface area contributed by atoms with Crippen LogP contribution in [0.2, 0.25) is 0 Å². The molecule has 1 N–H and O–H groups in total. The molecule has 0 bridgehead atoms. The van der Waals surface area contributed by atoms with Gasteiger partial charge in [0.15, 0.2) is 0 Å². The molecule has 0 aliphatic heterocycles. The summed E-state index contributed by atoms with van der Waals surface area (Å²) in [5.74, 6) is 0.374. The summed E-state index contributed by atoms with van der Waals surface area (Å²) >= 11 is 0. The molecule has 2 heterocycles. The van der Waals surface area contributed by atoms with E-state index in [2.05, 4.69) is 28.2 Å². The Bertz CT molecular complexity index is 901. The second-order valence-corrected chi connectivity index (χ2v) is 6.77. The Morgan fingerprint density at radius 3 is 2.83 bits per heavy atom. The SMILES string of the molecule is Cc1cnc2[nH]c(C(=CC3CCCC3)c3cccc(F)c3)cc2c1. The number of halogens is 1. The highest BCUT2D eigenvalue weighted by Crippen LogP contribution is 2.33. The molecule has 0 saturated heterocycles. The topological polar surface area (TPSA) is 28.7 Å². The normalized spacial score (nSPS) is 16.2. The molecular formula is C21H21FN2. The predicted molar refractivity (Wildman–Crippen MR) is 96.3 cm³/mol. The van der Waals surface area contributed by atoms with Gasteiger partial charge in [0, 0.05) is 22.9 Å². The van der Waals surface area contributed by atoms with Crippen LogP contribution in [0.5, 0.6) is 0 Å². The number of H-pyrrole nitrogens is 1. The Kier molecular flexibility index (Phi) is 3.93. The van der Waals surface area contributed by atoms with Gasteiger partial charge in [0.2, 0.25) is 0 Å². The molecule has 0 atom stereocenters. The van der Waals surface area contributed by atoms with Crippen molar-refractivity contribution in [1.29, 1.82) is 0 Å². The molecule has 1 fully saturated rings. The Morgan fingerprint density at radius 1 is 1.21 bits per heavy atom. The lowest BCUT2D eigenvalue weighted by molar-refractivity contribution is 0.627. The van der Waals surface area contributed by atoms with Gasteiger partial charge in [-0.2, -0.15) is 0 Å². The lowest BCUT2D eigenvalue weighted by atomic mass is 9.96. The van der Waals surface area contributed by atoms with E-state index < -0.39 is 0 Å². The fraction of sp³-hybridized carbons (Fsp3) is 0.286. The maximum atomic E-state index is 13.8. The van der Waals surface area contributed by atoms with Crippen molar-refractivity contribution in [2.24, 2.45) is 5.92 Å². The first-order valence-corrected chi connectivity index (χ1v) is 8.62. The van der Waals surface area contributed by atoms with Crippen molar-refractivity contribution in [2.75, 3.05) is 0 Å². The number of aromatic amines is 1. The Hall–Kier alpha value is -2.42. The Labute approximate surface area is 141 Å². The molecule has 0 unspecified atom stereocenters. The van der Waals surface area contributed by atoms with Crippen molar-refractivity contribution in [3.05, 3.63) is 71.3 Å². The summed E-state index contributed by atoms with van der Waals surface area (Å²) in [6.45, 7) is 2.04. The fourth-order valence-corrected chi connectivity index (χ4v) is 3.63. The standard InChI is InChI=1S/C21H21FN2/c1-14-9-17-12-20(24-21(17)23-13-14)19(10-15-5-2-3-6-15)16-7-4-8-18(22)11-16/h4,7-13,15H,2-3,5-6H2,1H3,(H,23,24). The first-order valence-electron chi connectivity index (χ1n) is 8.62. The molecule has 2 aromatic heterocycles. The van der Waals surface area contributed by atoms with Gasteiger partial charge in [0.1, 0.15) is 11.5 Å². The lowest BCUT2D eigenvalue weighted by Gasteiger charge is -2.10. The van der Waals surface area contributed by atoms with E-state index >= 15 is 0 Å². The van der Waals surface area contributed by atoms with Crippen LogP contribution in [-0.4, -0.2) is 9.97 Å². The molecule has 0 amide bonds. The van der Waals surface area contributed by atoms with E-state index in [0.29, 0.717) is 5.92 Å². The van der Waals surface area contributed by atoms with Gasteiger partial charge in [-0.25, -0.2) is 9.37 Å². The quantitative estimate of drug-likeness (QED) is 0.665. The van der Waals surface area contributed by atoms with Crippen LogP contribution in [0.15, 0.2) is 48.7 Å². The minimum absolute atomic E-state index is 0.199. The third-order valence-corrected chi connectivity index (χ3v) is 4.83. The van der Waals surface area contributed by atoms with Crippen LogP contribution >= 0.6 is 0 Å². The van der Waals surface area contributed by atoms with Crippen LogP contribution in [0, 0.1) is 18.7 Å². The van der Waals surface area contributed by atoms with Crippen molar-refractivity contribution in [1.82, 2.24) is 9.97 Å². The number of nitrogens with one attached hydrogen (secondary N) is 1. The number of hydrogen-bond donors (Lipinski definition) is 1. The molecule has 2 nitrogen and oxygen atoms in total. The third kappa shape index (κ3) is 2.99. The zero-order valence-electron chi connectivity index (χ0n) is 13.8. The van der Waals surface area contributed by atoms with Crippen LogP contribution in [0.3, 0.4) is 0 Å². The van der Waals surface area contributed by atoms with Crippen LogP contribution in [0.25, 0.3) is 16.6 Å². The van der Waals surface area contributed by atoms with Crippen LogP contribution < -0.4 is 0 Å². The number of allylic oxidation sites excluding steroid dienone is 1. The first-order chi connectivity index (χ1) is 11.7. The van der Waals surface area contributed by atoms with Gasteiger partial charge in [0.05, 0.1) is 0 Å². The van der Waals surface area contributed by atoms with Crippen molar-refractivity contribution in [2.45, 2.75) is 32.6 Å². The summed E-state index contributed by atoms with van der Waals surface area (Å²) in [4.78, 5) is 7.88. The van der Waals surface area contributed by atoms with Gasteiger partial charge in [-0.1, -0.05) is 31.1 Å². The molecule has 0 spiro atoms. The maximum absolute atomic E-state index is 13.8. The summed E-state index contributed by atoms with van der Waals surface area (Å²) < 4.78 is 13.8. The van der Waals surface area contributed by atoms with Crippen molar-refractivity contribution >= 4 is 16.6 Å². The number of hydrogen-bond acceptors (Lipinski definition) is 1. The second-order valence-electron chi connectivity index (χ2n) is 6.77. The number of pyridine rings is 1. The highest BCUT2D eigenvalue weighted by Gasteiger charge is 2.17. The number of benzene rings is 1. The van der Waals surface area contributed by atoms with E-state index in [0.717, 1.165) is 33.4 Å². The molecule has 122 valence electrons. The number of nitrogens with zero attached hydrogens (tertiary/aromatic N) is 1. The minimum Gasteiger partial charge on any atom is -0.339 e. The Balaban J connectivity index is 1.84. The van der Waals surface area contributed by atoms with Crippen molar-refractivity contribution in [3.8, 4) is 0 Å². The first kappa shape index (κ1) is 15.1. The Morgan fingerprint density at radius 2 is 2.04 bits per heavy atom. The van der Waals surface area contributed by atoms with E-state index in [9.17, 15) is 4.39 Å². The highest BCUT2D eigenvalue weighted by atomic mass is 19.1. The van der Waals surface area contributed by atoms with Gasteiger partial charge >= 0.3 is 0 Å². The number of fused-ring (bicyclic) bond motifs is 1. The van der Waals surface area contributed by atoms with Gasteiger partial charge in [0.25, 0.3) is 0 Å². The molecule has 3 aromatic rings. The van der Waals surface area contributed by atoms with Gasteiger partial charge in [-0.05, 0) is 61.1 Å². The molecule has 1 aliphatic carbocycles. The molecular weight excluding hydrogens is 299 g/mol. The van der Waals surface area contributed by atoms with E-state index in [-0.39, 0.29) is 5.82 Å². The summed E-state index contributed by atoms with van der Waals surface area (Å²) in [7, 11) is 0. The van der Waals surface area contributed by atoms with Crippen molar-refractivity contribution < 1.29 is 4.39 Å². The molecule has 1 saturated carbocycles. The third-order valence-electron chi connectivity index (χ3n) is 4.83. The average Bonchev–Trinajstić information content (AvgIpc) is 3.21. The summed E-state index contributed by atoms with van der Waals surface area (Å²) in [5, 5.41) is 1.10. The zero-order chi connectivity index (χ0) is 16.5. The number of aromatic nitrogens is 2. The molecule has 1 aromatic carbocycles. The van der Waals surface area contributed by atoms with E-state index in [4.69, 9.17) is 0 Å². The fourth-order valence-electron chi connectivity index (χ4n) is 3.63. The van der Waals surface area contributed by atoms with Gasteiger partial charge in [-0.3, -0.25) is 0 Å². The van der Waals surface area contributed by atoms with Gasteiger partial charge in [-0.15, -0.1) is 0 Å². The van der Waals surface area contributed by atoms with E-state index in [1.807, 2.05) is 19.2 Å². The summed E-state index contributed by atoms with van der Waals surface area (Å²) in [6, 6.07) is 11.1. The van der Waals surface area contributed by atoms with E-state index in [1.54, 1.807) is 12.1 Å². The minimum atomic E-state index is -0.199. The zero-order valence-corrected chi connectivity index (χ0v) is 13.8. The average molecular weight is 320 g/mol. The smallest absolute Gasteiger partial charge is 0.137 e. The monoisotopic (exact) mass is 320 g/mol. The molecule has 0 radical (unpaired) electrons. The molecule has 24 heavy (non-hydrogen) atoms. The summed E-state index contributed by atoms with van der Waals surface area (Å²) in [5.41, 5.74) is 5.03. The maximum Gasteiger partial charge on any atom is 0.137 e. The predicted octanol–water partition coefficient (Wildman–Crippen LogP) is 5.63. The molecule has 3 heteroatoms. The van der Waals surface area contributed by atoms with Crippen LogP contribution in [-0.2, 0) is 0 Å². The molecule has 4 rings (SSSR count). The summed E-state index contributed by atoms with van der Waals surface area (Å²) in [6.07, 6.45) is 9.19. The van der Waals surface area contributed by atoms with E-state index in [1.165, 1.54) is 31.7 Å². The second kappa shape index (κ2) is 6.23.